The summed E-state index contributed by atoms with van der Waals surface area (Å²) in [7, 11) is -0.821. The van der Waals surface area contributed by atoms with Crippen LogP contribution in [0.3, 0.4) is 0 Å². The second-order valence-electron chi connectivity index (χ2n) is 4.59. The van der Waals surface area contributed by atoms with E-state index in [1.165, 1.54) is 18.5 Å². The van der Waals surface area contributed by atoms with Gasteiger partial charge in [-0.3, -0.25) is 6.08 Å². The summed E-state index contributed by atoms with van der Waals surface area (Å²) in [6, 6.07) is 12.0. The van der Waals surface area contributed by atoms with E-state index >= 15 is 0 Å². The van der Waals surface area contributed by atoms with Crippen LogP contribution in [0.1, 0.15) is 12.8 Å². The second kappa shape index (κ2) is 10.2. The van der Waals surface area contributed by atoms with Crippen LogP contribution in [-0.4, -0.2) is 8.07 Å². The maximum Gasteiger partial charge on any atom is 4.00 e. The summed E-state index contributed by atoms with van der Waals surface area (Å²) in [5.74, 6) is 0. The van der Waals surface area contributed by atoms with Gasteiger partial charge in [0.05, 0.1) is 0 Å². The Morgan fingerprint density at radius 1 is 1.11 bits per heavy atom. The van der Waals surface area contributed by atoms with E-state index in [-0.39, 0.29) is 46.5 Å². The van der Waals surface area contributed by atoms with Gasteiger partial charge in [0, 0.05) is 8.07 Å². The van der Waals surface area contributed by atoms with Crippen molar-refractivity contribution in [2.75, 3.05) is 0 Å². The molecule has 1 saturated heterocycles. The molecule has 3 rings (SSSR count). The van der Waals surface area contributed by atoms with Crippen LogP contribution < -0.4 is 30.0 Å². The Balaban J connectivity index is 0. The predicted octanol–water partition coefficient (Wildman–Crippen LogP) is -2.59. The molecule has 0 amide bonds. The zero-order valence-electron chi connectivity index (χ0n) is 10.6. The molecule has 0 aromatic heterocycles. The fourth-order valence-corrected chi connectivity index (χ4v) is 5.10. The first kappa shape index (κ1) is 20.7. The second-order valence-corrected chi connectivity index (χ2v) is 9.29. The zero-order chi connectivity index (χ0) is 10.6. The molecule has 1 aliphatic carbocycles. The third-order valence-corrected chi connectivity index (χ3v) is 8.04. The first-order chi connectivity index (χ1) is 7.31. The van der Waals surface area contributed by atoms with Crippen LogP contribution in [0.15, 0.2) is 42.5 Å². The van der Waals surface area contributed by atoms with Crippen LogP contribution >= 0.6 is 0 Å². The summed E-state index contributed by atoms with van der Waals surface area (Å²) in [4.78, 5) is 0. The fraction of sp³-hybridized carbons (Fsp3) is 0.357. The number of allylic oxidation sites excluding steroid dienone is 4. The molecule has 96 valence electrons. The first-order valence-corrected chi connectivity index (χ1v) is 8.67. The molecule has 0 unspecified atom stereocenters. The van der Waals surface area contributed by atoms with Crippen molar-refractivity contribution in [2.45, 2.75) is 31.5 Å². The maximum absolute atomic E-state index is 2.99. The third kappa shape index (κ3) is 5.54. The Morgan fingerprint density at radius 2 is 1.72 bits per heavy atom. The SMILES string of the molecule is C[Si]1([c-]2cccc2)CCC1.[C-]1=CC=CC1.[Cl-].[Cl-].[Ti+4]. The van der Waals surface area contributed by atoms with Gasteiger partial charge in [0.15, 0.2) is 0 Å². The average Bonchev–Trinajstić information content (AvgIpc) is 2.89. The van der Waals surface area contributed by atoms with Crippen LogP contribution in [-0.2, 0) is 21.7 Å². The normalized spacial score (nSPS) is 17.2. The van der Waals surface area contributed by atoms with E-state index in [4.69, 9.17) is 0 Å². The molecule has 0 spiro atoms. The molecule has 0 saturated carbocycles. The molecule has 0 N–H and O–H groups in total. The van der Waals surface area contributed by atoms with Gasteiger partial charge < -0.3 is 24.8 Å². The van der Waals surface area contributed by atoms with Crippen LogP contribution in [0.25, 0.3) is 0 Å². The fourth-order valence-electron chi connectivity index (χ4n) is 2.11. The summed E-state index contributed by atoms with van der Waals surface area (Å²) < 4.78 is 0. The number of halogens is 2. The van der Waals surface area contributed by atoms with E-state index in [0.29, 0.717) is 0 Å². The summed E-state index contributed by atoms with van der Waals surface area (Å²) in [6.07, 6.45) is 11.5. The van der Waals surface area contributed by atoms with Gasteiger partial charge in [-0.15, -0.1) is 6.42 Å². The Hall–Kier alpha value is 0.341. The van der Waals surface area contributed by atoms with Gasteiger partial charge in [-0.2, -0.15) is 23.4 Å². The van der Waals surface area contributed by atoms with Crippen molar-refractivity contribution in [3.8, 4) is 0 Å². The van der Waals surface area contributed by atoms with Crippen molar-refractivity contribution in [1.29, 1.82) is 0 Å². The van der Waals surface area contributed by atoms with E-state index in [1.54, 1.807) is 5.19 Å². The van der Waals surface area contributed by atoms with E-state index in [9.17, 15) is 0 Å². The molecule has 4 heteroatoms. The Kier molecular flexibility index (Phi) is 11.7. The first-order valence-electron chi connectivity index (χ1n) is 5.75. The number of hydrogen-bond acceptors (Lipinski definition) is 0. The number of hydrogen-bond donors (Lipinski definition) is 0. The third-order valence-electron chi connectivity index (χ3n) is 3.40. The van der Waals surface area contributed by atoms with E-state index in [1.807, 2.05) is 12.2 Å². The van der Waals surface area contributed by atoms with Gasteiger partial charge in [-0.25, -0.2) is 24.3 Å². The van der Waals surface area contributed by atoms with Gasteiger partial charge in [0.2, 0.25) is 0 Å². The summed E-state index contributed by atoms with van der Waals surface area (Å²) in [5.41, 5.74) is 0. The quantitative estimate of drug-likeness (QED) is 0.391. The monoisotopic (exact) mass is 332 g/mol. The Morgan fingerprint density at radius 3 is 2.00 bits per heavy atom. The van der Waals surface area contributed by atoms with Crippen LogP contribution in [0.2, 0.25) is 18.6 Å². The molecule has 1 fully saturated rings. The zero-order valence-corrected chi connectivity index (χ0v) is 14.7. The minimum atomic E-state index is -0.821. The van der Waals surface area contributed by atoms with Crippen molar-refractivity contribution >= 4 is 13.3 Å². The molecule has 2 aliphatic rings. The van der Waals surface area contributed by atoms with E-state index < -0.39 is 8.07 Å². The van der Waals surface area contributed by atoms with Crippen molar-refractivity contribution in [1.82, 2.24) is 0 Å². The molecule has 0 nitrogen and oxygen atoms in total. The molecule has 18 heavy (non-hydrogen) atoms. The van der Waals surface area contributed by atoms with Gasteiger partial charge in [0.1, 0.15) is 0 Å². The Bertz CT molecular complexity index is 344. The summed E-state index contributed by atoms with van der Waals surface area (Å²) >= 11 is 0. The number of rotatable bonds is 1. The molecule has 1 heterocycles. The Labute approximate surface area is 139 Å². The molecule has 1 aliphatic heterocycles. The van der Waals surface area contributed by atoms with Crippen molar-refractivity contribution in [3.63, 3.8) is 0 Å². The molecular weight excluding hydrogens is 315 g/mol. The minimum Gasteiger partial charge on any atom is -1.00 e. The van der Waals surface area contributed by atoms with Gasteiger partial charge >= 0.3 is 21.7 Å². The standard InChI is InChI=1S/C9H13Si.C5H5.2ClH.Ti/c1-10(7-4-8-10)9-5-2-3-6-9;1-2-4-5-3-1;;;/h2-3,5-6H,4,7-8H2,1H3;1-3H,4H2;2*1H;/q2*-1;;;+4/p-2. The molecule has 0 bridgehead atoms. The molecule has 1 aromatic carbocycles. The van der Waals surface area contributed by atoms with Crippen molar-refractivity contribution in [2.24, 2.45) is 0 Å². The topological polar surface area (TPSA) is 0 Å². The van der Waals surface area contributed by atoms with Gasteiger partial charge in [0.25, 0.3) is 0 Å². The predicted molar refractivity (Wildman–Crippen MR) is 69.1 cm³/mol. The van der Waals surface area contributed by atoms with Crippen LogP contribution in [0.5, 0.6) is 0 Å². The summed E-state index contributed by atoms with van der Waals surface area (Å²) in [6.45, 7) is 2.51. The smallest absolute Gasteiger partial charge is 1.00 e. The van der Waals surface area contributed by atoms with Crippen LogP contribution in [0, 0.1) is 6.08 Å². The van der Waals surface area contributed by atoms with E-state index in [2.05, 4.69) is 43.0 Å². The van der Waals surface area contributed by atoms with Crippen molar-refractivity contribution < 1.29 is 46.5 Å². The van der Waals surface area contributed by atoms with Crippen molar-refractivity contribution in [3.05, 3.63) is 48.6 Å². The van der Waals surface area contributed by atoms with Gasteiger partial charge in [-0.1, -0.05) is 25.1 Å². The molecule has 1 aromatic rings. The largest absolute Gasteiger partial charge is 4.00 e. The minimum absolute atomic E-state index is 0. The van der Waals surface area contributed by atoms with Crippen LogP contribution in [0.4, 0.5) is 0 Å². The molecular formula is C14H18Cl2SiTi. The average molecular weight is 333 g/mol. The maximum atomic E-state index is 2.99. The summed E-state index contributed by atoms with van der Waals surface area (Å²) in [5, 5.41) is 1.68. The molecule has 0 atom stereocenters. The van der Waals surface area contributed by atoms with E-state index in [0.717, 1.165) is 6.42 Å². The molecule has 0 radical (unpaired) electrons. The van der Waals surface area contributed by atoms with Gasteiger partial charge in [-0.05, 0) is 0 Å².